The van der Waals surface area contributed by atoms with Crippen LogP contribution in [0.1, 0.15) is 0 Å². The van der Waals surface area contributed by atoms with Crippen LogP contribution in [0.25, 0.3) is 0 Å². The molecule has 0 spiro atoms. The Balaban J connectivity index is 0. The van der Waals surface area contributed by atoms with E-state index in [1.807, 2.05) is 0 Å². The summed E-state index contributed by atoms with van der Waals surface area (Å²) in [6, 6.07) is 0. The van der Waals surface area contributed by atoms with E-state index in [-0.39, 0.29) is 0 Å². The Hall–Kier alpha value is -0.0600. The predicted molar refractivity (Wildman–Crippen MR) is 23.9 cm³/mol. The van der Waals surface area contributed by atoms with Crippen molar-refractivity contribution in [1.82, 2.24) is 0 Å². The van der Waals surface area contributed by atoms with Gasteiger partial charge >= 0.3 is 6.18 Å². The first-order chi connectivity index (χ1) is 3.97. The SMILES string of the molecule is FCC(F)(F)F.FCCl. The first-order valence-electron chi connectivity index (χ1n) is 1.72. The van der Waals surface area contributed by atoms with Crippen LogP contribution in [0.3, 0.4) is 0 Å². The highest BCUT2D eigenvalue weighted by molar-refractivity contribution is 6.16. The summed E-state index contributed by atoms with van der Waals surface area (Å²) in [6.07, 6.45) is -5.40. The molecule has 0 aromatic rings. The average Bonchev–Trinajstić information content (AvgIpc) is 1.67. The minimum Gasteiger partial charge on any atom is -0.241 e. The van der Waals surface area contributed by atoms with E-state index in [4.69, 9.17) is 0 Å². The summed E-state index contributed by atoms with van der Waals surface area (Å²) in [5.74, 6) is 0. The molecule has 0 rings (SSSR count). The van der Waals surface area contributed by atoms with Gasteiger partial charge in [-0.2, -0.15) is 13.2 Å². The molecule has 0 fully saturated rings. The normalized spacial score (nSPS) is 10.0. The standard InChI is InChI=1S/C2H2F4.CH2ClF/c3-1-2(4,5)6;2-1-3/h1H2;1H2. The third-order valence-corrected chi connectivity index (χ3v) is 0.152. The maximum absolute atomic E-state index is 10.4. The molecule has 0 radical (unpaired) electrons. The topological polar surface area (TPSA) is 0 Å². The van der Waals surface area contributed by atoms with Gasteiger partial charge in [0, 0.05) is 0 Å². The van der Waals surface area contributed by atoms with E-state index >= 15 is 0 Å². The number of hydrogen-bond acceptors (Lipinski definition) is 0. The molecule has 0 aromatic carbocycles. The van der Waals surface area contributed by atoms with Gasteiger partial charge in [-0.1, -0.05) is 11.6 Å². The smallest absolute Gasteiger partial charge is 0.241 e. The van der Waals surface area contributed by atoms with E-state index in [0.717, 1.165) is 0 Å². The fourth-order valence-electron chi connectivity index (χ4n) is 0. The second-order valence-corrected chi connectivity index (χ2v) is 1.05. The molecule has 0 aliphatic rings. The average molecular weight is 171 g/mol. The number of halogens is 6. The molecule has 0 bridgehead atoms. The van der Waals surface area contributed by atoms with Crippen LogP contribution in [-0.4, -0.2) is 19.0 Å². The lowest BCUT2D eigenvalue weighted by Crippen LogP contribution is -2.08. The van der Waals surface area contributed by atoms with Crippen LogP contribution in [0.15, 0.2) is 0 Å². The summed E-state index contributed by atoms with van der Waals surface area (Å²) < 4.78 is 51.7. The van der Waals surface area contributed by atoms with Crippen molar-refractivity contribution in [2.75, 3.05) is 12.8 Å². The summed E-state index contributed by atoms with van der Waals surface area (Å²) in [5.41, 5.74) is 0. The van der Waals surface area contributed by atoms with Gasteiger partial charge in [0.25, 0.3) is 0 Å². The Morgan fingerprint density at radius 2 is 1.22 bits per heavy atom. The van der Waals surface area contributed by atoms with Gasteiger partial charge in [-0.15, -0.1) is 0 Å². The monoisotopic (exact) mass is 170 g/mol. The molecular weight excluding hydrogens is 166 g/mol. The first-order valence-corrected chi connectivity index (χ1v) is 2.26. The summed E-state index contributed by atoms with van der Waals surface area (Å²) in [7, 11) is 0. The molecule has 0 atom stereocenters. The van der Waals surface area contributed by atoms with Gasteiger partial charge in [0.2, 0.25) is 0 Å². The van der Waals surface area contributed by atoms with Crippen LogP contribution >= 0.6 is 11.6 Å². The van der Waals surface area contributed by atoms with Gasteiger partial charge < -0.3 is 0 Å². The van der Waals surface area contributed by atoms with E-state index in [9.17, 15) is 22.0 Å². The van der Waals surface area contributed by atoms with Crippen LogP contribution in [0.5, 0.6) is 0 Å². The molecule has 0 nitrogen and oxygen atoms in total. The third-order valence-electron chi connectivity index (χ3n) is 0.152. The Morgan fingerprint density at radius 3 is 1.22 bits per heavy atom. The van der Waals surface area contributed by atoms with Crippen molar-refractivity contribution in [2.45, 2.75) is 6.18 Å². The fourth-order valence-corrected chi connectivity index (χ4v) is 0. The van der Waals surface area contributed by atoms with Crippen LogP contribution in [0.2, 0.25) is 0 Å². The zero-order valence-corrected chi connectivity index (χ0v) is 4.94. The fraction of sp³-hybridized carbons (Fsp3) is 1.00. The first kappa shape index (κ1) is 11.7. The Labute approximate surface area is 53.6 Å². The highest BCUT2D eigenvalue weighted by Gasteiger charge is 2.26. The maximum Gasteiger partial charge on any atom is 0.416 e. The van der Waals surface area contributed by atoms with Gasteiger partial charge in [-0.05, 0) is 0 Å². The minimum atomic E-state index is -4.62. The molecule has 0 aromatic heterocycles. The van der Waals surface area contributed by atoms with Crippen molar-refractivity contribution in [3.63, 3.8) is 0 Å². The van der Waals surface area contributed by atoms with Crippen molar-refractivity contribution in [3.8, 4) is 0 Å². The van der Waals surface area contributed by atoms with Gasteiger partial charge in [-0.25, -0.2) is 8.78 Å². The van der Waals surface area contributed by atoms with Crippen molar-refractivity contribution in [1.29, 1.82) is 0 Å². The molecule has 0 saturated carbocycles. The Kier molecular flexibility index (Phi) is 7.89. The van der Waals surface area contributed by atoms with Gasteiger partial charge in [0.15, 0.2) is 12.8 Å². The molecule has 6 heteroatoms. The molecule has 0 aliphatic carbocycles. The lowest BCUT2D eigenvalue weighted by molar-refractivity contribution is -0.142. The Bertz CT molecular complexity index is 50.7. The highest BCUT2D eigenvalue weighted by Crippen LogP contribution is 2.13. The van der Waals surface area contributed by atoms with Crippen molar-refractivity contribution in [2.24, 2.45) is 0 Å². The molecule has 9 heavy (non-hydrogen) atoms. The van der Waals surface area contributed by atoms with Crippen LogP contribution < -0.4 is 0 Å². The lowest BCUT2D eigenvalue weighted by atomic mass is 10.8. The van der Waals surface area contributed by atoms with Gasteiger partial charge in [0.05, 0.1) is 0 Å². The van der Waals surface area contributed by atoms with Gasteiger partial charge in [-0.3, -0.25) is 0 Å². The van der Waals surface area contributed by atoms with Crippen molar-refractivity contribution >= 4 is 11.6 Å². The lowest BCUT2D eigenvalue weighted by Gasteiger charge is -1.93. The quantitative estimate of drug-likeness (QED) is 0.387. The number of alkyl halides is 6. The highest BCUT2D eigenvalue weighted by atomic mass is 35.5. The van der Waals surface area contributed by atoms with Crippen molar-refractivity contribution < 1.29 is 22.0 Å². The van der Waals surface area contributed by atoms with E-state index in [1.165, 1.54) is 0 Å². The largest absolute Gasteiger partial charge is 0.416 e. The summed E-state index contributed by atoms with van der Waals surface area (Å²) >= 11 is 4.33. The molecule has 0 amide bonds. The maximum atomic E-state index is 10.4. The third kappa shape index (κ3) is 32.4. The molecular formula is C3H4ClF5. The predicted octanol–water partition coefficient (Wildman–Crippen LogP) is 2.67. The van der Waals surface area contributed by atoms with Gasteiger partial charge in [0.1, 0.15) is 0 Å². The van der Waals surface area contributed by atoms with E-state index in [2.05, 4.69) is 11.6 Å². The van der Waals surface area contributed by atoms with E-state index < -0.39 is 19.0 Å². The number of rotatable bonds is 0. The molecule has 0 aliphatic heterocycles. The van der Waals surface area contributed by atoms with Crippen LogP contribution in [0, 0.1) is 0 Å². The number of hydrogen-bond donors (Lipinski definition) is 0. The van der Waals surface area contributed by atoms with E-state index in [0.29, 0.717) is 0 Å². The zero-order chi connectivity index (χ0) is 7.91. The zero-order valence-electron chi connectivity index (χ0n) is 4.18. The summed E-state index contributed by atoms with van der Waals surface area (Å²) in [6.45, 7) is -2.23. The van der Waals surface area contributed by atoms with Crippen LogP contribution in [-0.2, 0) is 0 Å². The second kappa shape index (κ2) is 6.07. The molecule has 0 saturated heterocycles. The summed E-state index contributed by atoms with van der Waals surface area (Å²) in [5, 5.41) is 0. The van der Waals surface area contributed by atoms with Crippen molar-refractivity contribution in [3.05, 3.63) is 0 Å². The second-order valence-electron chi connectivity index (χ2n) is 0.850. The molecule has 0 N–H and O–H groups in total. The Morgan fingerprint density at radius 1 is 1.11 bits per heavy atom. The van der Waals surface area contributed by atoms with Crippen LogP contribution in [0.4, 0.5) is 22.0 Å². The minimum absolute atomic E-state index is 0.778. The molecule has 0 unspecified atom stereocenters. The molecule has 0 heterocycles. The summed E-state index contributed by atoms with van der Waals surface area (Å²) in [4.78, 5) is 0. The molecule has 58 valence electrons. The van der Waals surface area contributed by atoms with E-state index in [1.54, 1.807) is 0 Å².